The van der Waals surface area contributed by atoms with Crippen molar-refractivity contribution in [3.8, 4) is 0 Å². The van der Waals surface area contributed by atoms with Gasteiger partial charge in [0.2, 0.25) is 17.7 Å². The maximum atomic E-state index is 12.7. The SMILES string of the molecule is NC(=O)C[C@H](NC(=O)[C@@H](N)Cc1cnc[nH]1)C(=O)N1CCC[C@H]1C(=O)O. The Labute approximate surface area is 149 Å². The van der Waals surface area contributed by atoms with Crippen molar-refractivity contribution in [1.82, 2.24) is 20.2 Å². The predicted molar refractivity (Wildman–Crippen MR) is 88.4 cm³/mol. The zero-order valence-electron chi connectivity index (χ0n) is 14.1. The van der Waals surface area contributed by atoms with E-state index in [9.17, 15) is 24.3 Å². The van der Waals surface area contributed by atoms with Crippen molar-refractivity contribution in [3.05, 3.63) is 18.2 Å². The minimum absolute atomic E-state index is 0.158. The van der Waals surface area contributed by atoms with E-state index < -0.39 is 48.2 Å². The van der Waals surface area contributed by atoms with E-state index >= 15 is 0 Å². The van der Waals surface area contributed by atoms with E-state index in [1.54, 1.807) is 0 Å². The molecular weight excluding hydrogens is 344 g/mol. The molecule has 142 valence electrons. The first-order valence-electron chi connectivity index (χ1n) is 8.14. The molecule has 26 heavy (non-hydrogen) atoms. The number of carboxylic acid groups (broad SMARTS) is 1. The third kappa shape index (κ3) is 4.79. The van der Waals surface area contributed by atoms with Crippen molar-refractivity contribution >= 4 is 23.7 Å². The molecule has 0 unspecified atom stereocenters. The highest BCUT2D eigenvalue weighted by Gasteiger charge is 2.38. The number of carbonyl (C=O) groups excluding carboxylic acids is 3. The highest BCUT2D eigenvalue weighted by Crippen LogP contribution is 2.19. The Bertz CT molecular complexity index is 676. The summed E-state index contributed by atoms with van der Waals surface area (Å²) in [5, 5.41) is 11.6. The number of rotatable bonds is 8. The standard InChI is InChI=1S/C15H22N6O5/c16-9(4-8-6-18-7-19-8)13(23)20-10(5-12(17)22)14(24)21-3-1-2-11(21)15(25)26/h6-7,9-11H,1-5,16H2,(H2,17,22)(H,18,19)(H,20,23)(H,25,26)/t9-,10-,11-/m0/s1. The van der Waals surface area contributed by atoms with E-state index in [4.69, 9.17) is 11.5 Å². The number of aliphatic carboxylic acids is 1. The van der Waals surface area contributed by atoms with Crippen molar-refractivity contribution in [3.63, 3.8) is 0 Å². The molecule has 0 aliphatic carbocycles. The summed E-state index contributed by atoms with van der Waals surface area (Å²) in [6.07, 6.45) is 3.52. The number of primary amides is 1. The number of H-pyrrole nitrogens is 1. The number of nitrogens with two attached hydrogens (primary N) is 2. The number of aromatic nitrogens is 2. The monoisotopic (exact) mass is 366 g/mol. The van der Waals surface area contributed by atoms with Crippen LogP contribution in [-0.4, -0.2) is 68.3 Å². The molecular formula is C15H22N6O5. The topological polar surface area (TPSA) is 184 Å². The average molecular weight is 366 g/mol. The fourth-order valence-corrected chi connectivity index (χ4v) is 2.89. The van der Waals surface area contributed by atoms with Gasteiger partial charge in [-0.1, -0.05) is 0 Å². The molecule has 3 amide bonds. The molecule has 11 heteroatoms. The van der Waals surface area contributed by atoms with Gasteiger partial charge >= 0.3 is 5.97 Å². The first-order valence-corrected chi connectivity index (χ1v) is 8.14. The first kappa shape index (κ1) is 19.4. The molecule has 1 saturated heterocycles. The molecule has 2 heterocycles. The van der Waals surface area contributed by atoms with Gasteiger partial charge in [-0.2, -0.15) is 0 Å². The summed E-state index contributed by atoms with van der Waals surface area (Å²) >= 11 is 0. The Hall–Kier alpha value is -2.95. The molecule has 1 fully saturated rings. The van der Waals surface area contributed by atoms with Crippen LogP contribution in [0.4, 0.5) is 0 Å². The maximum Gasteiger partial charge on any atom is 0.326 e. The van der Waals surface area contributed by atoms with Crippen LogP contribution in [0.5, 0.6) is 0 Å². The summed E-state index contributed by atoms with van der Waals surface area (Å²) in [5.74, 6) is -3.23. The zero-order valence-corrected chi connectivity index (χ0v) is 14.1. The van der Waals surface area contributed by atoms with Gasteiger partial charge < -0.3 is 31.8 Å². The Kier molecular flexibility index (Phi) is 6.28. The van der Waals surface area contributed by atoms with E-state index in [2.05, 4.69) is 15.3 Å². The molecule has 0 bridgehead atoms. The first-order chi connectivity index (χ1) is 12.3. The number of imidazole rings is 1. The van der Waals surface area contributed by atoms with Gasteiger partial charge in [-0.3, -0.25) is 14.4 Å². The van der Waals surface area contributed by atoms with Gasteiger partial charge in [0.15, 0.2) is 0 Å². The zero-order chi connectivity index (χ0) is 19.3. The molecule has 1 aromatic rings. The van der Waals surface area contributed by atoms with Crippen LogP contribution >= 0.6 is 0 Å². The van der Waals surface area contributed by atoms with Crippen LogP contribution in [0.25, 0.3) is 0 Å². The van der Waals surface area contributed by atoms with E-state index in [0.717, 1.165) is 4.90 Å². The second-order valence-electron chi connectivity index (χ2n) is 6.15. The van der Waals surface area contributed by atoms with Crippen molar-refractivity contribution in [2.24, 2.45) is 11.5 Å². The van der Waals surface area contributed by atoms with Gasteiger partial charge in [0.25, 0.3) is 0 Å². The van der Waals surface area contributed by atoms with E-state index in [1.807, 2.05) is 0 Å². The summed E-state index contributed by atoms with van der Waals surface area (Å²) in [5.41, 5.74) is 11.6. The lowest BCUT2D eigenvalue weighted by molar-refractivity contribution is -0.149. The number of amides is 3. The summed E-state index contributed by atoms with van der Waals surface area (Å²) < 4.78 is 0. The fraction of sp³-hybridized carbons (Fsp3) is 0.533. The van der Waals surface area contributed by atoms with Crippen LogP contribution in [0, 0.1) is 0 Å². The summed E-state index contributed by atoms with van der Waals surface area (Å²) in [4.78, 5) is 55.3. The second kappa shape index (κ2) is 8.43. The number of nitrogens with one attached hydrogen (secondary N) is 2. The predicted octanol–water partition coefficient (Wildman–Crippen LogP) is -2.28. The van der Waals surface area contributed by atoms with E-state index in [-0.39, 0.29) is 13.0 Å². The molecule has 11 nitrogen and oxygen atoms in total. The van der Waals surface area contributed by atoms with Crippen LogP contribution in [0.15, 0.2) is 12.5 Å². The van der Waals surface area contributed by atoms with Crippen molar-refractivity contribution < 1.29 is 24.3 Å². The van der Waals surface area contributed by atoms with Gasteiger partial charge in [-0.05, 0) is 12.8 Å². The van der Waals surface area contributed by atoms with Crippen LogP contribution in [0.2, 0.25) is 0 Å². The van der Waals surface area contributed by atoms with Crippen LogP contribution in [-0.2, 0) is 25.6 Å². The number of likely N-dealkylation sites (tertiary alicyclic amines) is 1. The Morgan fingerprint density at radius 3 is 2.73 bits per heavy atom. The third-order valence-electron chi connectivity index (χ3n) is 4.17. The lowest BCUT2D eigenvalue weighted by Crippen LogP contribution is -2.55. The van der Waals surface area contributed by atoms with Gasteiger partial charge in [-0.15, -0.1) is 0 Å². The normalized spacial score (nSPS) is 19.0. The van der Waals surface area contributed by atoms with Gasteiger partial charge in [-0.25, -0.2) is 9.78 Å². The van der Waals surface area contributed by atoms with E-state index in [0.29, 0.717) is 18.5 Å². The van der Waals surface area contributed by atoms with Crippen LogP contribution in [0.3, 0.4) is 0 Å². The Morgan fingerprint density at radius 2 is 2.15 bits per heavy atom. The van der Waals surface area contributed by atoms with Crippen molar-refractivity contribution in [2.75, 3.05) is 6.54 Å². The lowest BCUT2D eigenvalue weighted by Gasteiger charge is -2.27. The number of nitrogens with zero attached hydrogens (tertiary/aromatic N) is 2. The molecule has 1 aromatic heterocycles. The summed E-state index contributed by atoms with van der Waals surface area (Å²) in [6.45, 7) is 0.237. The molecule has 7 N–H and O–H groups in total. The smallest absolute Gasteiger partial charge is 0.326 e. The molecule has 1 aliphatic rings. The Morgan fingerprint density at radius 1 is 1.42 bits per heavy atom. The highest BCUT2D eigenvalue weighted by atomic mass is 16.4. The minimum Gasteiger partial charge on any atom is -0.480 e. The lowest BCUT2D eigenvalue weighted by atomic mass is 10.1. The number of hydrogen-bond acceptors (Lipinski definition) is 6. The van der Waals surface area contributed by atoms with Crippen LogP contribution < -0.4 is 16.8 Å². The molecule has 0 saturated carbocycles. The van der Waals surface area contributed by atoms with Crippen molar-refractivity contribution in [1.29, 1.82) is 0 Å². The van der Waals surface area contributed by atoms with Gasteiger partial charge in [0, 0.05) is 24.9 Å². The third-order valence-corrected chi connectivity index (χ3v) is 4.17. The molecule has 0 radical (unpaired) electrons. The molecule has 2 rings (SSSR count). The average Bonchev–Trinajstić information content (AvgIpc) is 3.24. The quantitative estimate of drug-likeness (QED) is 0.343. The Balaban J connectivity index is 2.06. The highest BCUT2D eigenvalue weighted by molar-refractivity contribution is 5.94. The number of carbonyl (C=O) groups is 4. The molecule has 0 spiro atoms. The largest absolute Gasteiger partial charge is 0.480 e. The van der Waals surface area contributed by atoms with Gasteiger partial charge in [0.05, 0.1) is 18.8 Å². The summed E-state index contributed by atoms with van der Waals surface area (Å²) in [6, 6.07) is -3.21. The van der Waals surface area contributed by atoms with E-state index in [1.165, 1.54) is 12.5 Å². The minimum atomic E-state index is -1.26. The molecule has 3 atom stereocenters. The molecule has 0 aromatic carbocycles. The maximum absolute atomic E-state index is 12.7. The number of aromatic amines is 1. The van der Waals surface area contributed by atoms with Crippen LogP contribution in [0.1, 0.15) is 25.0 Å². The fourth-order valence-electron chi connectivity index (χ4n) is 2.89. The summed E-state index contributed by atoms with van der Waals surface area (Å²) in [7, 11) is 0. The number of carboxylic acids is 1. The van der Waals surface area contributed by atoms with Crippen molar-refractivity contribution in [2.45, 2.75) is 43.8 Å². The number of hydrogen-bond donors (Lipinski definition) is 5. The van der Waals surface area contributed by atoms with Gasteiger partial charge in [0.1, 0.15) is 12.1 Å². The molecule has 1 aliphatic heterocycles. The second-order valence-corrected chi connectivity index (χ2v) is 6.15.